The van der Waals surface area contributed by atoms with E-state index in [-0.39, 0.29) is 10.3 Å². The minimum absolute atomic E-state index is 0.156. The van der Waals surface area contributed by atoms with Crippen molar-refractivity contribution in [1.82, 2.24) is 10.0 Å². The molecule has 2 rings (SSSR count). The first-order valence-electron chi connectivity index (χ1n) is 7.35. The number of hydrogen-bond donors (Lipinski definition) is 2. The second-order valence-electron chi connectivity index (χ2n) is 5.82. The van der Waals surface area contributed by atoms with Crippen LogP contribution in [0.15, 0.2) is 23.1 Å². The fourth-order valence-electron chi connectivity index (χ4n) is 2.69. The normalized spacial score (nSPS) is 17.5. The zero-order valence-electron chi connectivity index (χ0n) is 12.6. The third-order valence-electron chi connectivity index (χ3n) is 4.50. The molecule has 1 aliphatic rings. The van der Waals surface area contributed by atoms with Gasteiger partial charge >= 0.3 is 0 Å². The lowest BCUT2D eigenvalue weighted by atomic mass is 9.67. The van der Waals surface area contributed by atoms with Crippen LogP contribution in [-0.4, -0.2) is 22.0 Å². The first-order valence-corrected chi connectivity index (χ1v) is 9.21. The summed E-state index contributed by atoms with van der Waals surface area (Å²) in [6.07, 6.45) is 4.42. The summed E-state index contributed by atoms with van der Waals surface area (Å²) in [7, 11) is -1.66. The lowest BCUT2D eigenvalue weighted by Crippen LogP contribution is -2.41. The number of sulfonamides is 1. The van der Waals surface area contributed by atoms with E-state index in [1.165, 1.54) is 12.5 Å². The lowest BCUT2D eigenvalue weighted by Gasteiger charge is -2.41. The Bertz CT molecular complexity index is 592. The largest absolute Gasteiger partial charge is 0.316 e. The van der Waals surface area contributed by atoms with Crippen molar-refractivity contribution in [3.8, 4) is 0 Å². The molecule has 2 N–H and O–H groups in total. The maximum atomic E-state index is 12.4. The highest BCUT2D eigenvalue weighted by Gasteiger charge is 2.36. The topological polar surface area (TPSA) is 58.2 Å². The van der Waals surface area contributed by atoms with E-state index in [2.05, 4.69) is 17.0 Å². The Morgan fingerprint density at radius 2 is 2.05 bits per heavy atom. The van der Waals surface area contributed by atoms with E-state index in [9.17, 15) is 8.42 Å². The second-order valence-corrected chi connectivity index (χ2v) is 7.99. The molecule has 1 fully saturated rings. The van der Waals surface area contributed by atoms with Gasteiger partial charge in [0.1, 0.15) is 0 Å². The number of rotatable bonds is 7. The van der Waals surface area contributed by atoms with Gasteiger partial charge in [-0.15, -0.1) is 0 Å². The van der Waals surface area contributed by atoms with Gasteiger partial charge in [0.25, 0.3) is 0 Å². The van der Waals surface area contributed by atoms with Gasteiger partial charge in [0, 0.05) is 18.1 Å². The highest BCUT2D eigenvalue weighted by Crippen LogP contribution is 2.43. The van der Waals surface area contributed by atoms with E-state index in [1.54, 1.807) is 12.1 Å². The average molecular weight is 331 g/mol. The van der Waals surface area contributed by atoms with Gasteiger partial charge in [0.15, 0.2) is 0 Å². The molecule has 0 unspecified atom stereocenters. The number of nitrogens with one attached hydrogen (secondary N) is 2. The van der Waals surface area contributed by atoms with Crippen LogP contribution in [0.5, 0.6) is 0 Å². The highest BCUT2D eigenvalue weighted by atomic mass is 35.5. The van der Waals surface area contributed by atoms with Crippen molar-refractivity contribution in [2.45, 2.75) is 44.0 Å². The van der Waals surface area contributed by atoms with Crippen LogP contribution in [-0.2, 0) is 16.6 Å². The summed E-state index contributed by atoms with van der Waals surface area (Å²) >= 11 is 6.14. The van der Waals surface area contributed by atoms with Crippen molar-refractivity contribution in [2.75, 3.05) is 13.6 Å². The molecule has 4 nitrogen and oxygen atoms in total. The van der Waals surface area contributed by atoms with Gasteiger partial charge in [-0.2, -0.15) is 0 Å². The Kier molecular flexibility index (Phi) is 5.30. The Morgan fingerprint density at radius 1 is 1.33 bits per heavy atom. The minimum atomic E-state index is -3.49. The van der Waals surface area contributed by atoms with Gasteiger partial charge in [-0.3, -0.25) is 0 Å². The van der Waals surface area contributed by atoms with Gasteiger partial charge in [-0.25, -0.2) is 13.1 Å². The zero-order valence-corrected chi connectivity index (χ0v) is 14.1. The summed E-state index contributed by atoms with van der Waals surface area (Å²) in [5.41, 5.74) is 1.05. The van der Waals surface area contributed by atoms with Crippen LogP contribution < -0.4 is 10.0 Å². The molecule has 0 amide bonds. The molecule has 1 aliphatic carbocycles. The van der Waals surface area contributed by atoms with Crippen LogP contribution in [0.4, 0.5) is 0 Å². The highest BCUT2D eigenvalue weighted by molar-refractivity contribution is 7.89. The van der Waals surface area contributed by atoms with Crippen molar-refractivity contribution < 1.29 is 8.42 Å². The molecular weight excluding hydrogens is 308 g/mol. The molecule has 21 heavy (non-hydrogen) atoms. The number of benzene rings is 1. The quantitative estimate of drug-likeness (QED) is 0.808. The maximum Gasteiger partial charge on any atom is 0.240 e. The summed E-state index contributed by atoms with van der Waals surface area (Å²) in [6, 6.07) is 4.89. The zero-order chi connectivity index (χ0) is 15.5. The van der Waals surface area contributed by atoms with Gasteiger partial charge in [0.05, 0.1) is 4.90 Å². The van der Waals surface area contributed by atoms with Crippen LogP contribution in [0, 0.1) is 5.41 Å². The molecule has 118 valence electrons. The lowest BCUT2D eigenvalue weighted by molar-refractivity contribution is 0.133. The summed E-state index contributed by atoms with van der Waals surface area (Å²) < 4.78 is 27.5. The number of hydrogen-bond acceptors (Lipinski definition) is 3. The Hall–Kier alpha value is -0.620. The van der Waals surface area contributed by atoms with E-state index in [4.69, 9.17) is 11.6 Å². The molecule has 0 radical (unpaired) electrons. The van der Waals surface area contributed by atoms with Crippen molar-refractivity contribution in [3.05, 3.63) is 28.8 Å². The van der Waals surface area contributed by atoms with Gasteiger partial charge < -0.3 is 5.32 Å². The Morgan fingerprint density at radius 3 is 2.52 bits per heavy atom. The summed E-state index contributed by atoms with van der Waals surface area (Å²) in [4.78, 5) is 0.234. The third-order valence-corrected chi connectivity index (χ3v) is 6.25. The van der Waals surface area contributed by atoms with E-state index in [1.807, 2.05) is 7.05 Å². The van der Waals surface area contributed by atoms with Gasteiger partial charge in [-0.1, -0.05) is 31.0 Å². The van der Waals surface area contributed by atoms with Crippen molar-refractivity contribution in [2.24, 2.45) is 5.41 Å². The molecule has 1 aromatic rings. The predicted molar refractivity (Wildman–Crippen MR) is 86.0 cm³/mol. The third kappa shape index (κ3) is 3.77. The molecule has 1 aromatic carbocycles. The predicted octanol–water partition coefficient (Wildman–Crippen LogP) is 2.92. The van der Waals surface area contributed by atoms with Crippen molar-refractivity contribution >= 4 is 21.6 Å². The van der Waals surface area contributed by atoms with E-state index < -0.39 is 10.0 Å². The van der Waals surface area contributed by atoms with Crippen LogP contribution in [0.2, 0.25) is 5.02 Å². The molecule has 0 aliphatic heterocycles. The standard InChI is InChI=1S/C15H23ClN2O2S/c1-3-15(7-4-8-15)11-18-21(19,20)13-6-5-12(10-17-2)14(16)9-13/h5-6,9,17-18H,3-4,7-8,10-11H2,1-2H3. The average Bonchev–Trinajstić information content (AvgIpc) is 2.40. The van der Waals surface area contributed by atoms with Crippen molar-refractivity contribution in [3.63, 3.8) is 0 Å². The van der Waals surface area contributed by atoms with Crippen molar-refractivity contribution in [1.29, 1.82) is 0 Å². The van der Waals surface area contributed by atoms with E-state index in [0.29, 0.717) is 18.1 Å². The van der Waals surface area contributed by atoms with Gasteiger partial charge in [0.2, 0.25) is 10.0 Å². The molecule has 0 saturated heterocycles. The summed E-state index contributed by atoms with van der Waals surface area (Å²) in [5, 5.41) is 3.47. The van der Waals surface area contributed by atoms with Crippen LogP contribution in [0.3, 0.4) is 0 Å². The minimum Gasteiger partial charge on any atom is -0.316 e. The maximum absolute atomic E-state index is 12.4. The van der Waals surface area contributed by atoms with Gasteiger partial charge in [-0.05, 0) is 49.4 Å². The fourth-order valence-corrected chi connectivity index (χ4v) is 4.19. The molecule has 6 heteroatoms. The molecule has 0 atom stereocenters. The smallest absolute Gasteiger partial charge is 0.240 e. The first kappa shape index (κ1) is 16.7. The van der Waals surface area contributed by atoms with E-state index >= 15 is 0 Å². The SMILES string of the molecule is CCC1(CNS(=O)(=O)c2ccc(CNC)c(Cl)c2)CCC1. The Labute approximate surface area is 132 Å². The van der Waals surface area contributed by atoms with Crippen LogP contribution in [0.1, 0.15) is 38.2 Å². The van der Waals surface area contributed by atoms with Crippen LogP contribution >= 0.6 is 11.6 Å². The second kappa shape index (κ2) is 6.65. The number of halogens is 1. The van der Waals surface area contributed by atoms with E-state index in [0.717, 1.165) is 24.8 Å². The monoisotopic (exact) mass is 330 g/mol. The first-order chi connectivity index (χ1) is 9.92. The van der Waals surface area contributed by atoms with Crippen LogP contribution in [0.25, 0.3) is 0 Å². The molecule has 0 aromatic heterocycles. The Balaban J connectivity index is 2.10. The summed E-state index contributed by atoms with van der Waals surface area (Å²) in [5.74, 6) is 0. The molecule has 0 bridgehead atoms. The molecule has 1 saturated carbocycles. The summed E-state index contributed by atoms with van der Waals surface area (Å²) in [6.45, 7) is 3.25. The fraction of sp³-hybridized carbons (Fsp3) is 0.600. The molecule has 0 heterocycles. The molecule has 0 spiro atoms. The molecular formula is C15H23ClN2O2S.